The molecule has 1 aromatic rings. The number of rotatable bonds is 4. The van der Waals surface area contributed by atoms with Gasteiger partial charge in [0.05, 0.1) is 18.4 Å². The van der Waals surface area contributed by atoms with Gasteiger partial charge in [-0.3, -0.25) is 4.79 Å². The predicted octanol–water partition coefficient (Wildman–Crippen LogP) is 1.92. The van der Waals surface area contributed by atoms with Crippen molar-refractivity contribution in [3.8, 4) is 0 Å². The highest BCUT2D eigenvalue weighted by Gasteiger charge is 2.10. The maximum Gasteiger partial charge on any atom is 0.332 e. The minimum atomic E-state index is -4.66. The molecule has 0 N–H and O–H groups in total. The van der Waals surface area contributed by atoms with E-state index in [1.807, 2.05) is 0 Å². The Kier molecular flexibility index (Phi) is 4.39. The number of carbonyl (C=O) groups excluding carboxylic acids is 1. The first-order chi connectivity index (χ1) is 7.93. The Balaban J connectivity index is 2.72. The summed E-state index contributed by atoms with van der Waals surface area (Å²) in [6.07, 6.45) is 3.32. The zero-order valence-corrected chi connectivity index (χ0v) is 9.91. The van der Waals surface area contributed by atoms with E-state index in [1.165, 1.54) is 19.2 Å². The number of hydrogen-bond donors (Lipinski definition) is 0. The van der Waals surface area contributed by atoms with Crippen LogP contribution in [0.25, 0.3) is 6.08 Å². The topological polar surface area (TPSA) is 60.4 Å². The lowest BCUT2D eigenvalue weighted by atomic mass is 10.2. The summed E-state index contributed by atoms with van der Waals surface area (Å²) in [5.74, 6) is -0.371. The molecule has 0 radical (unpaired) electrons. The van der Waals surface area contributed by atoms with Gasteiger partial charge in [0.25, 0.3) is 0 Å². The summed E-state index contributed by atoms with van der Waals surface area (Å²) in [6.45, 7) is 0. The third kappa shape index (κ3) is 4.36. The third-order valence-corrected chi connectivity index (χ3v) is 2.82. The molecule has 0 unspecified atom stereocenters. The smallest absolute Gasteiger partial charge is 0.332 e. The maximum atomic E-state index is 12.5. The van der Waals surface area contributed by atoms with Gasteiger partial charge in [-0.2, -0.15) is 8.42 Å². The van der Waals surface area contributed by atoms with Crippen LogP contribution in [0.1, 0.15) is 12.0 Å². The second-order valence-electron chi connectivity index (χ2n) is 3.19. The molecule has 0 aliphatic heterocycles. The molecule has 0 aliphatic rings. The van der Waals surface area contributed by atoms with E-state index in [0.717, 1.165) is 12.1 Å². The van der Waals surface area contributed by atoms with Gasteiger partial charge in [-0.05, 0) is 17.7 Å². The Hall–Kier alpha value is -1.69. The predicted molar refractivity (Wildman–Crippen MR) is 60.4 cm³/mol. The minimum Gasteiger partial charge on any atom is -0.469 e. The Morgan fingerprint density at radius 2 is 1.94 bits per heavy atom. The van der Waals surface area contributed by atoms with Crippen molar-refractivity contribution in [1.82, 2.24) is 0 Å². The van der Waals surface area contributed by atoms with Crippen molar-refractivity contribution in [1.29, 1.82) is 0 Å². The van der Waals surface area contributed by atoms with Gasteiger partial charge in [0.2, 0.25) is 0 Å². The van der Waals surface area contributed by atoms with E-state index in [1.54, 1.807) is 12.2 Å². The summed E-state index contributed by atoms with van der Waals surface area (Å²) in [4.78, 5) is 10.4. The van der Waals surface area contributed by atoms with Crippen LogP contribution in [0.2, 0.25) is 0 Å². The van der Waals surface area contributed by atoms with E-state index in [2.05, 4.69) is 4.74 Å². The van der Waals surface area contributed by atoms with Crippen molar-refractivity contribution < 1.29 is 21.8 Å². The molecule has 0 amide bonds. The van der Waals surface area contributed by atoms with E-state index < -0.39 is 10.2 Å². The molecule has 6 heteroatoms. The molecule has 0 bridgehead atoms. The molecule has 1 aromatic carbocycles. The van der Waals surface area contributed by atoms with Crippen molar-refractivity contribution in [2.45, 2.75) is 11.3 Å². The van der Waals surface area contributed by atoms with Crippen molar-refractivity contribution in [3.63, 3.8) is 0 Å². The largest absolute Gasteiger partial charge is 0.469 e. The fourth-order valence-electron chi connectivity index (χ4n) is 1.12. The zero-order valence-electron chi connectivity index (χ0n) is 9.09. The first-order valence-corrected chi connectivity index (χ1v) is 6.10. The number of carbonyl (C=O) groups is 1. The molecule has 0 aliphatic carbocycles. The quantitative estimate of drug-likeness (QED) is 0.611. The SMILES string of the molecule is COC(=O)CC=Cc1ccc(S(=O)(=O)F)cc1. The Bertz CT molecular complexity index is 517. The molecule has 0 saturated carbocycles. The number of esters is 1. The van der Waals surface area contributed by atoms with Crippen LogP contribution < -0.4 is 0 Å². The van der Waals surface area contributed by atoms with Crippen LogP contribution in [0.5, 0.6) is 0 Å². The average molecular weight is 258 g/mol. The second kappa shape index (κ2) is 5.58. The highest BCUT2D eigenvalue weighted by atomic mass is 32.3. The van der Waals surface area contributed by atoms with E-state index in [-0.39, 0.29) is 17.3 Å². The van der Waals surface area contributed by atoms with Crippen molar-refractivity contribution in [2.24, 2.45) is 0 Å². The summed E-state index contributed by atoms with van der Waals surface area (Å²) >= 11 is 0. The van der Waals surface area contributed by atoms with E-state index in [4.69, 9.17) is 0 Å². The molecule has 4 nitrogen and oxygen atoms in total. The van der Waals surface area contributed by atoms with Crippen molar-refractivity contribution in [2.75, 3.05) is 7.11 Å². The van der Waals surface area contributed by atoms with Crippen LogP contribution in [-0.2, 0) is 19.8 Å². The van der Waals surface area contributed by atoms with Crippen molar-refractivity contribution in [3.05, 3.63) is 35.9 Å². The van der Waals surface area contributed by atoms with E-state index in [9.17, 15) is 17.1 Å². The second-order valence-corrected chi connectivity index (χ2v) is 4.54. The molecule has 0 saturated heterocycles. The van der Waals surface area contributed by atoms with Crippen molar-refractivity contribution >= 4 is 22.3 Å². The molecular formula is C11H11FO4S. The van der Waals surface area contributed by atoms with E-state index >= 15 is 0 Å². The van der Waals surface area contributed by atoms with Gasteiger partial charge < -0.3 is 4.74 Å². The molecular weight excluding hydrogens is 247 g/mol. The lowest BCUT2D eigenvalue weighted by Gasteiger charge is -1.96. The number of methoxy groups -OCH3 is 1. The summed E-state index contributed by atoms with van der Waals surface area (Å²) in [7, 11) is -3.37. The van der Waals surface area contributed by atoms with Gasteiger partial charge in [0.1, 0.15) is 0 Å². The molecule has 0 atom stereocenters. The number of hydrogen-bond acceptors (Lipinski definition) is 4. The highest BCUT2D eigenvalue weighted by Crippen LogP contribution is 2.13. The minimum absolute atomic E-state index is 0.125. The maximum absolute atomic E-state index is 12.5. The molecule has 0 fully saturated rings. The Morgan fingerprint density at radius 1 is 1.35 bits per heavy atom. The summed E-state index contributed by atoms with van der Waals surface area (Å²) in [5, 5.41) is 0. The highest BCUT2D eigenvalue weighted by molar-refractivity contribution is 7.86. The number of halogens is 1. The van der Waals surface area contributed by atoms with Gasteiger partial charge >= 0.3 is 16.2 Å². The lowest BCUT2D eigenvalue weighted by Crippen LogP contribution is -1.96. The molecule has 1 rings (SSSR count). The van der Waals surface area contributed by atoms with Crippen LogP contribution in [0.15, 0.2) is 35.2 Å². The molecule has 0 aromatic heterocycles. The standard InChI is InChI=1S/C11H11FO4S/c1-16-11(13)4-2-3-9-5-7-10(8-6-9)17(12,14)15/h2-3,5-8H,4H2,1H3. The zero-order chi connectivity index (χ0) is 12.9. The van der Waals surface area contributed by atoms with Crippen LogP contribution in [0.4, 0.5) is 3.89 Å². The summed E-state index contributed by atoms with van der Waals surface area (Å²) in [6, 6.07) is 5.21. The third-order valence-electron chi connectivity index (χ3n) is 1.98. The molecule has 17 heavy (non-hydrogen) atoms. The molecule has 0 spiro atoms. The average Bonchev–Trinajstić information content (AvgIpc) is 2.28. The monoisotopic (exact) mass is 258 g/mol. The Morgan fingerprint density at radius 3 is 2.41 bits per heavy atom. The van der Waals surface area contributed by atoms with Crippen LogP contribution in [0.3, 0.4) is 0 Å². The molecule has 0 heterocycles. The van der Waals surface area contributed by atoms with Crippen LogP contribution in [-0.4, -0.2) is 21.5 Å². The lowest BCUT2D eigenvalue weighted by molar-refractivity contribution is -0.139. The Labute approximate surface area is 98.9 Å². The fraction of sp³-hybridized carbons (Fsp3) is 0.182. The normalized spacial score (nSPS) is 11.6. The molecule has 92 valence electrons. The fourth-order valence-corrected chi connectivity index (χ4v) is 1.58. The van der Waals surface area contributed by atoms with Crippen LogP contribution in [0, 0.1) is 0 Å². The van der Waals surface area contributed by atoms with Gasteiger partial charge in [-0.25, -0.2) is 0 Å². The first-order valence-electron chi connectivity index (χ1n) is 4.71. The summed E-state index contributed by atoms with van der Waals surface area (Å²) < 4.78 is 38.1. The summed E-state index contributed by atoms with van der Waals surface area (Å²) in [5.41, 5.74) is 0.668. The first kappa shape index (κ1) is 13.4. The number of benzene rings is 1. The number of ether oxygens (including phenoxy) is 1. The van der Waals surface area contributed by atoms with Gasteiger partial charge in [-0.1, -0.05) is 24.3 Å². The van der Waals surface area contributed by atoms with Gasteiger partial charge in [-0.15, -0.1) is 3.89 Å². The van der Waals surface area contributed by atoms with Crippen LogP contribution >= 0.6 is 0 Å². The van der Waals surface area contributed by atoms with E-state index in [0.29, 0.717) is 5.56 Å². The van der Waals surface area contributed by atoms with Gasteiger partial charge in [0, 0.05) is 0 Å². The van der Waals surface area contributed by atoms with Gasteiger partial charge in [0.15, 0.2) is 0 Å².